The Labute approximate surface area is 165 Å². The largest absolute Gasteiger partial charge is 0.496 e. The fourth-order valence-electron chi connectivity index (χ4n) is 6.13. The maximum atomic E-state index is 12.5. The molecule has 0 radical (unpaired) electrons. The third-order valence-corrected chi connectivity index (χ3v) is 6.87. The quantitative estimate of drug-likeness (QED) is 0.754. The summed E-state index contributed by atoms with van der Waals surface area (Å²) in [6, 6.07) is 5.16. The lowest BCUT2D eigenvalue weighted by Crippen LogP contribution is -2.50. The van der Waals surface area contributed by atoms with E-state index in [1.165, 1.54) is 38.5 Å². The van der Waals surface area contributed by atoms with Gasteiger partial charge in [0.15, 0.2) is 0 Å². The number of carbonyl (C=O) groups excluding carboxylic acids is 2. The molecule has 2 amide bonds. The van der Waals surface area contributed by atoms with Crippen molar-refractivity contribution < 1.29 is 14.3 Å². The highest BCUT2D eigenvalue weighted by Crippen LogP contribution is 2.61. The molecule has 27 heavy (non-hydrogen) atoms. The topological polar surface area (TPSA) is 67.4 Å². The Bertz CT molecular complexity index is 714. The summed E-state index contributed by atoms with van der Waals surface area (Å²) in [6.45, 7) is 0. The van der Waals surface area contributed by atoms with Crippen LogP contribution in [0.15, 0.2) is 18.2 Å². The van der Waals surface area contributed by atoms with Gasteiger partial charge in [-0.3, -0.25) is 20.4 Å². The van der Waals surface area contributed by atoms with Gasteiger partial charge in [-0.2, -0.15) is 0 Å². The van der Waals surface area contributed by atoms with Crippen LogP contribution in [-0.2, 0) is 16.0 Å². The molecule has 0 unspecified atom stereocenters. The number of hydrogen-bond acceptors (Lipinski definition) is 3. The fraction of sp³-hybridized carbons (Fsp3) is 0.619. The van der Waals surface area contributed by atoms with Crippen molar-refractivity contribution in [1.82, 2.24) is 10.9 Å². The van der Waals surface area contributed by atoms with Crippen LogP contribution in [0.1, 0.15) is 50.5 Å². The first-order chi connectivity index (χ1) is 12.9. The van der Waals surface area contributed by atoms with Crippen molar-refractivity contribution >= 4 is 23.4 Å². The molecule has 0 aliphatic heterocycles. The molecule has 1 aromatic rings. The molecule has 0 heterocycles. The lowest BCUT2D eigenvalue weighted by molar-refractivity contribution is -0.134. The minimum absolute atomic E-state index is 0.0802. The van der Waals surface area contributed by atoms with E-state index in [0.29, 0.717) is 22.8 Å². The third-order valence-electron chi connectivity index (χ3n) is 6.64. The monoisotopic (exact) mass is 390 g/mol. The van der Waals surface area contributed by atoms with Gasteiger partial charge >= 0.3 is 0 Å². The van der Waals surface area contributed by atoms with Crippen LogP contribution in [0.4, 0.5) is 0 Å². The number of halogens is 1. The SMILES string of the molecule is COc1ccc(Cl)cc1CC(=O)NNC(=O)CC12CC3CC(CC(C3)C1)C2. The number of hydrogen-bond donors (Lipinski definition) is 2. The second-order valence-corrected chi connectivity index (χ2v) is 9.26. The molecule has 5 nitrogen and oxygen atoms in total. The molecule has 6 heteroatoms. The van der Waals surface area contributed by atoms with Crippen LogP contribution in [0.5, 0.6) is 5.75 Å². The number of rotatable bonds is 5. The van der Waals surface area contributed by atoms with Gasteiger partial charge in [0.05, 0.1) is 13.5 Å². The molecule has 146 valence electrons. The molecule has 2 N–H and O–H groups in total. The summed E-state index contributed by atoms with van der Waals surface area (Å²) in [6.07, 6.45) is 8.25. The number of carbonyl (C=O) groups is 2. The van der Waals surface area contributed by atoms with Crippen LogP contribution in [0.2, 0.25) is 5.02 Å². The molecular formula is C21H27ClN2O3. The zero-order valence-electron chi connectivity index (χ0n) is 15.7. The van der Waals surface area contributed by atoms with E-state index >= 15 is 0 Å². The van der Waals surface area contributed by atoms with Crippen molar-refractivity contribution in [3.05, 3.63) is 28.8 Å². The van der Waals surface area contributed by atoms with Gasteiger partial charge < -0.3 is 4.74 Å². The molecule has 4 aliphatic rings. The number of methoxy groups -OCH3 is 1. The smallest absolute Gasteiger partial charge is 0.242 e. The Morgan fingerprint density at radius 2 is 1.67 bits per heavy atom. The van der Waals surface area contributed by atoms with E-state index in [1.54, 1.807) is 25.3 Å². The molecule has 5 rings (SSSR count). The van der Waals surface area contributed by atoms with E-state index in [0.717, 1.165) is 17.8 Å². The summed E-state index contributed by atoms with van der Waals surface area (Å²) in [5.41, 5.74) is 6.02. The van der Waals surface area contributed by atoms with Crippen LogP contribution >= 0.6 is 11.6 Å². The highest BCUT2D eigenvalue weighted by atomic mass is 35.5. The normalized spacial score (nSPS) is 30.8. The summed E-state index contributed by atoms with van der Waals surface area (Å²) >= 11 is 6.00. The molecule has 4 fully saturated rings. The van der Waals surface area contributed by atoms with Crippen LogP contribution in [0.3, 0.4) is 0 Å². The zero-order valence-corrected chi connectivity index (χ0v) is 16.5. The highest BCUT2D eigenvalue weighted by Gasteiger charge is 2.51. The molecule has 0 spiro atoms. The molecule has 0 saturated heterocycles. The van der Waals surface area contributed by atoms with Gasteiger partial charge in [0.25, 0.3) is 0 Å². The van der Waals surface area contributed by atoms with Gasteiger partial charge in [-0.25, -0.2) is 0 Å². The van der Waals surface area contributed by atoms with E-state index in [-0.39, 0.29) is 23.7 Å². The second-order valence-electron chi connectivity index (χ2n) is 8.82. The summed E-state index contributed by atoms with van der Waals surface area (Å²) in [5.74, 6) is 2.68. The van der Waals surface area contributed by atoms with Crippen LogP contribution < -0.4 is 15.6 Å². The van der Waals surface area contributed by atoms with E-state index < -0.39 is 0 Å². The molecule has 4 aliphatic carbocycles. The number of amides is 2. The second kappa shape index (κ2) is 7.34. The van der Waals surface area contributed by atoms with E-state index in [1.807, 2.05) is 0 Å². The average molecular weight is 391 g/mol. The molecule has 4 bridgehead atoms. The standard InChI is InChI=1S/C21H27ClN2O3/c1-27-18-3-2-17(22)7-16(18)8-19(25)23-24-20(26)12-21-9-13-4-14(10-21)6-15(5-13)11-21/h2-3,7,13-15H,4-6,8-12H2,1H3,(H,23,25)(H,24,26). The molecule has 0 atom stereocenters. The maximum absolute atomic E-state index is 12.5. The van der Waals surface area contributed by atoms with E-state index in [9.17, 15) is 9.59 Å². The third kappa shape index (κ3) is 4.08. The lowest BCUT2D eigenvalue weighted by Gasteiger charge is -2.56. The Morgan fingerprint density at radius 1 is 1.07 bits per heavy atom. The zero-order chi connectivity index (χ0) is 19.0. The molecule has 4 saturated carbocycles. The molecule has 0 aromatic heterocycles. The Kier molecular flexibility index (Phi) is 5.06. The van der Waals surface area contributed by atoms with Crippen molar-refractivity contribution in [3.63, 3.8) is 0 Å². The molecule has 1 aromatic carbocycles. The predicted molar refractivity (Wildman–Crippen MR) is 103 cm³/mol. The average Bonchev–Trinajstić information content (AvgIpc) is 2.58. The van der Waals surface area contributed by atoms with Crippen molar-refractivity contribution in [1.29, 1.82) is 0 Å². The lowest BCUT2D eigenvalue weighted by atomic mass is 9.49. The number of hydrazine groups is 1. The first-order valence-electron chi connectivity index (χ1n) is 9.85. The van der Waals surface area contributed by atoms with E-state index in [2.05, 4.69) is 10.9 Å². The Morgan fingerprint density at radius 3 is 2.26 bits per heavy atom. The van der Waals surface area contributed by atoms with Crippen molar-refractivity contribution in [2.45, 2.75) is 51.4 Å². The Hall–Kier alpha value is -1.75. The Balaban J connectivity index is 1.29. The van der Waals surface area contributed by atoms with Gasteiger partial charge in [0.2, 0.25) is 11.8 Å². The van der Waals surface area contributed by atoms with Crippen molar-refractivity contribution in [3.8, 4) is 5.75 Å². The summed E-state index contributed by atoms with van der Waals surface area (Å²) < 4.78 is 5.26. The molecular weight excluding hydrogens is 364 g/mol. The first-order valence-corrected chi connectivity index (χ1v) is 10.2. The van der Waals surface area contributed by atoms with E-state index in [4.69, 9.17) is 16.3 Å². The summed E-state index contributed by atoms with van der Waals surface area (Å²) in [5, 5.41) is 0.546. The summed E-state index contributed by atoms with van der Waals surface area (Å²) in [4.78, 5) is 24.7. The maximum Gasteiger partial charge on any atom is 0.242 e. The highest BCUT2D eigenvalue weighted by molar-refractivity contribution is 6.30. The fourth-order valence-corrected chi connectivity index (χ4v) is 6.33. The van der Waals surface area contributed by atoms with Gasteiger partial charge in [0.1, 0.15) is 5.75 Å². The first kappa shape index (κ1) is 18.6. The van der Waals surface area contributed by atoms with Gasteiger partial charge in [-0.15, -0.1) is 0 Å². The minimum atomic E-state index is -0.283. The summed E-state index contributed by atoms with van der Waals surface area (Å²) in [7, 11) is 1.55. The number of benzene rings is 1. The van der Waals surface area contributed by atoms with Crippen LogP contribution in [0, 0.1) is 23.2 Å². The minimum Gasteiger partial charge on any atom is -0.496 e. The van der Waals surface area contributed by atoms with Crippen molar-refractivity contribution in [2.24, 2.45) is 23.2 Å². The van der Waals surface area contributed by atoms with Crippen molar-refractivity contribution in [2.75, 3.05) is 7.11 Å². The number of ether oxygens (including phenoxy) is 1. The van der Waals surface area contributed by atoms with Crippen LogP contribution in [-0.4, -0.2) is 18.9 Å². The van der Waals surface area contributed by atoms with Crippen LogP contribution in [0.25, 0.3) is 0 Å². The predicted octanol–water partition coefficient (Wildman–Crippen LogP) is 3.65. The number of nitrogens with one attached hydrogen (secondary N) is 2. The van der Waals surface area contributed by atoms with Gasteiger partial charge in [-0.1, -0.05) is 11.6 Å². The van der Waals surface area contributed by atoms with Gasteiger partial charge in [-0.05, 0) is 79.9 Å². The van der Waals surface area contributed by atoms with Gasteiger partial charge in [0, 0.05) is 17.0 Å².